The maximum Gasteiger partial charge on any atom is 0.421 e. The fourth-order valence-corrected chi connectivity index (χ4v) is 8.54. The molecule has 1 amide bonds. The molecule has 0 bridgehead atoms. The van der Waals surface area contributed by atoms with Crippen molar-refractivity contribution in [2.24, 2.45) is 5.92 Å². The van der Waals surface area contributed by atoms with Gasteiger partial charge in [0.25, 0.3) is 10.0 Å². The molecule has 0 unspecified atom stereocenters. The van der Waals surface area contributed by atoms with Crippen molar-refractivity contribution in [1.82, 2.24) is 13.9 Å². The number of amides is 1. The van der Waals surface area contributed by atoms with Crippen LogP contribution in [0.5, 0.6) is 0 Å². The van der Waals surface area contributed by atoms with E-state index in [1.807, 2.05) is 25.3 Å². The van der Waals surface area contributed by atoms with Gasteiger partial charge in [-0.25, -0.2) is 14.2 Å². The smallest absolute Gasteiger partial charge is 0.421 e. The number of aryl methyl sites for hydroxylation is 1. The van der Waals surface area contributed by atoms with Crippen LogP contribution in [0.15, 0.2) is 40.9 Å². The zero-order chi connectivity index (χ0) is 28.4. The molecule has 39 heavy (non-hydrogen) atoms. The van der Waals surface area contributed by atoms with Crippen LogP contribution in [0.1, 0.15) is 69.1 Å². The maximum atomic E-state index is 15.3. The summed E-state index contributed by atoms with van der Waals surface area (Å²) >= 11 is 1.01. The number of sulfonamides is 1. The number of halogens is 1. The standard InChI is InChI=1S/C28H36FN3O5S2/c1-4-25-30-12-13-31(25)17-21-9-8-20(15-24(21)29)23-16-22(14-19(2)3)38-26(23)39(36,37)32(27(33)34)18-28(35)10-6-5-7-11-28/h8-9,12-13,15-16,19,35H,4-7,10-11,14,17-18H2,1-3H3,(H,33,34). The van der Waals surface area contributed by atoms with E-state index in [2.05, 4.69) is 4.98 Å². The molecular formula is C28H36FN3O5S2. The average Bonchev–Trinajstić information content (AvgIpc) is 3.51. The van der Waals surface area contributed by atoms with E-state index in [9.17, 15) is 23.4 Å². The van der Waals surface area contributed by atoms with Gasteiger partial charge in [-0.15, -0.1) is 11.3 Å². The van der Waals surface area contributed by atoms with Crippen molar-refractivity contribution >= 4 is 27.5 Å². The van der Waals surface area contributed by atoms with Crippen LogP contribution in [0.4, 0.5) is 9.18 Å². The minimum atomic E-state index is -4.55. The summed E-state index contributed by atoms with van der Waals surface area (Å²) in [6.45, 7) is 5.74. The molecule has 0 spiro atoms. The summed E-state index contributed by atoms with van der Waals surface area (Å²) in [7, 11) is -4.55. The Hall–Kier alpha value is -2.76. The lowest BCUT2D eigenvalue weighted by molar-refractivity contribution is -0.00858. The molecular weight excluding hydrogens is 541 g/mol. The Morgan fingerprint density at radius 2 is 1.95 bits per heavy atom. The second kappa shape index (κ2) is 11.8. The zero-order valence-corrected chi connectivity index (χ0v) is 24.2. The van der Waals surface area contributed by atoms with E-state index >= 15 is 4.39 Å². The molecule has 11 heteroatoms. The average molecular weight is 578 g/mol. The van der Waals surface area contributed by atoms with Crippen LogP contribution in [-0.4, -0.2) is 50.7 Å². The number of nitrogens with zero attached hydrogens (tertiary/aromatic N) is 3. The predicted molar refractivity (Wildman–Crippen MR) is 149 cm³/mol. The number of rotatable bonds is 10. The molecule has 0 atom stereocenters. The van der Waals surface area contributed by atoms with Crippen LogP contribution in [-0.2, 0) is 29.4 Å². The SMILES string of the molecule is CCc1nccn1Cc1ccc(-c2cc(CC(C)C)sc2S(=O)(=O)N(CC2(O)CCCCC2)C(=O)O)cc1F. The third-order valence-electron chi connectivity index (χ3n) is 7.14. The number of benzene rings is 1. The van der Waals surface area contributed by atoms with Crippen molar-refractivity contribution < 1.29 is 27.8 Å². The summed E-state index contributed by atoms with van der Waals surface area (Å²) < 4.78 is 45.1. The third-order valence-corrected chi connectivity index (χ3v) is 10.5. The predicted octanol–water partition coefficient (Wildman–Crippen LogP) is 5.92. The minimum Gasteiger partial charge on any atom is -0.464 e. The van der Waals surface area contributed by atoms with Gasteiger partial charge in [-0.3, -0.25) is 0 Å². The lowest BCUT2D eigenvalue weighted by Crippen LogP contribution is -2.48. The summed E-state index contributed by atoms with van der Waals surface area (Å²) in [5, 5.41) is 20.9. The van der Waals surface area contributed by atoms with E-state index in [0.29, 0.717) is 54.0 Å². The van der Waals surface area contributed by atoms with Gasteiger partial charge in [0.15, 0.2) is 0 Å². The van der Waals surface area contributed by atoms with Gasteiger partial charge in [0.1, 0.15) is 15.9 Å². The quantitative estimate of drug-likeness (QED) is 0.309. The van der Waals surface area contributed by atoms with Gasteiger partial charge >= 0.3 is 6.09 Å². The van der Waals surface area contributed by atoms with Gasteiger partial charge in [0.2, 0.25) is 0 Å². The van der Waals surface area contributed by atoms with Gasteiger partial charge < -0.3 is 14.8 Å². The molecule has 1 fully saturated rings. The summed E-state index contributed by atoms with van der Waals surface area (Å²) in [6, 6.07) is 6.31. The molecule has 0 saturated heterocycles. The first-order valence-corrected chi connectivity index (χ1v) is 15.6. The molecule has 3 aromatic rings. The van der Waals surface area contributed by atoms with Crippen molar-refractivity contribution in [2.45, 2.75) is 82.1 Å². The monoisotopic (exact) mass is 577 g/mol. The van der Waals surface area contributed by atoms with Crippen molar-refractivity contribution in [2.75, 3.05) is 6.54 Å². The van der Waals surface area contributed by atoms with Gasteiger partial charge in [0.05, 0.1) is 18.7 Å². The molecule has 0 aliphatic heterocycles. The Bertz CT molecular complexity index is 1420. The first-order valence-electron chi connectivity index (χ1n) is 13.3. The van der Waals surface area contributed by atoms with Crippen molar-refractivity contribution in [3.8, 4) is 11.1 Å². The number of carboxylic acid groups (broad SMARTS) is 1. The van der Waals surface area contributed by atoms with Gasteiger partial charge in [-0.05, 0) is 42.9 Å². The lowest BCUT2D eigenvalue weighted by Gasteiger charge is -2.35. The van der Waals surface area contributed by atoms with E-state index in [0.717, 1.165) is 28.5 Å². The summed E-state index contributed by atoms with van der Waals surface area (Å²) in [5.41, 5.74) is -0.357. The number of carbonyl (C=O) groups is 1. The van der Waals surface area contributed by atoms with Gasteiger partial charge in [0, 0.05) is 34.8 Å². The van der Waals surface area contributed by atoms with Gasteiger partial charge in [-0.2, -0.15) is 12.7 Å². The summed E-state index contributed by atoms with van der Waals surface area (Å²) in [4.78, 5) is 17.3. The third kappa shape index (κ3) is 6.53. The lowest BCUT2D eigenvalue weighted by atomic mass is 9.85. The number of hydrogen-bond acceptors (Lipinski definition) is 6. The van der Waals surface area contributed by atoms with Crippen molar-refractivity contribution in [3.05, 3.63) is 58.7 Å². The van der Waals surface area contributed by atoms with Crippen LogP contribution in [0.25, 0.3) is 11.1 Å². The molecule has 212 valence electrons. The van der Waals surface area contributed by atoms with Crippen LogP contribution in [0.3, 0.4) is 0 Å². The highest BCUT2D eigenvalue weighted by atomic mass is 32.2. The highest BCUT2D eigenvalue weighted by Gasteiger charge is 2.40. The highest BCUT2D eigenvalue weighted by molar-refractivity contribution is 7.91. The molecule has 2 aromatic heterocycles. The Balaban J connectivity index is 1.74. The summed E-state index contributed by atoms with van der Waals surface area (Å²) in [6.07, 6.45) is 6.11. The number of aromatic nitrogens is 2. The number of hydrogen-bond donors (Lipinski definition) is 2. The first-order chi connectivity index (χ1) is 18.4. The van der Waals surface area contributed by atoms with E-state index in [1.165, 1.54) is 6.07 Å². The molecule has 1 aliphatic rings. The number of aliphatic hydroxyl groups is 1. The molecule has 0 radical (unpaired) electrons. The Morgan fingerprint density at radius 1 is 1.23 bits per heavy atom. The van der Waals surface area contributed by atoms with Crippen LogP contribution >= 0.6 is 11.3 Å². The molecule has 8 nitrogen and oxygen atoms in total. The Kier molecular flexibility index (Phi) is 8.82. The minimum absolute atomic E-state index is 0.157. The van der Waals surface area contributed by atoms with Crippen LogP contribution < -0.4 is 0 Å². The molecule has 1 aliphatic carbocycles. The van der Waals surface area contributed by atoms with Crippen molar-refractivity contribution in [3.63, 3.8) is 0 Å². The fraction of sp³-hybridized carbons (Fsp3) is 0.500. The highest BCUT2D eigenvalue weighted by Crippen LogP contribution is 2.40. The van der Waals surface area contributed by atoms with E-state index in [4.69, 9.17) is 0 Å². The van der Waals surface area contributed by atoms with Crippen LogP contribution in [0.2, 0.25) is 0 Å². The molecule has 2 N–H and O–H groups in total. The Morgan fingerprint density at radius 3 is 2.56 bits per heavy atom. The van der Waals surface area contributed by atoms with E-state index in [-0.39, 0.29) is 22.2 Å². The van der Waals surface area contributed by atoms with E-state index in [1.54, 1.807) is 30.6 Å². The molecule has 1 saturated carbocycles. The second-order valence-electron chi connectivity index (χ2n) is 10.7. The molecule has 4 rings (SSSR count). The summed E-state index contributed by atoms with van der Waals surface area (Å²) in [5.74, 6) is 0.568. The molecule has 1 aromatic carbocycles. The topological polar surface area (TPSA) is 113 Å². The zero-order valence-electron chi connectivity index (χ0n) is 22.6. The number of imidazole rings is 1. The normalized spacial score (nSPS) is 15.5. The van der Waals surface area contributed by atoms with Crippen molar-refractivity contribution in [1.29, 1.82) is 0 Å². The molecule has 2 heterocycles. The Labute approximate surface area is 233 Å². The number of thiophene rings is 1. The maximum absolute atomic E-state index is 15.3. The van der Waals surface area contributed by atoms with E-state index < -0.39 is 34.1 Å². The first kappa shape index (κ1) is 29.2. The van der Waals surface area contributed by atoms with Crippen LogP contribution in [0, 0.1) is 11.7 Å². The largest absolute Gasteiger partial charge is 0.464 e. The second-order valence-corrected chi connectivity index (χ2v) is 13.9. The fourth-order valence-electron chi connectivity index (χ4n) is 5.13. The van der Waals surface area contributed by atoms with Gasteiger partial charge in [-0.1, -0.05) is 52.2 Å².